The number of esters is 1. The second-order valence-electron chi connectivity index (χ2n) is 10.7. The van der Waals surface area contributed by atoms with Crippen molar-refractivity contribution in [3.63, 3.8) is 0 Å². The fourth-order valence-corrected chi connectivity index (χ4v) is 7.85. The molecule has 0 heterocycles. The molecule has 0 radical (unpaired) electrons. The van der Waals surface area contributed by atoms with Crippen LogP contribution in [-0.4, -0.2) is 24.0 Å². The summed E-state index contributed by atoms with van der Waals surface area (Å²) in [5.74, 6) is 2.66. The van der Waals surface area contributed by atoms with Gasteiger partial charge >= 0.3 is 5.97 Å². The molecule has 28 heavy (non-hydrogen) atoms. The molecule has 156 valence electrons. The Balaban J connectivity index is 1.58. The van der Waals surface area contributed by atoms with Crippen molar-refractivity contribution in [2.45, 2.75) is 91.7 Å². The topological polar surface area (TPSA) is 55.4 Å². The summed E-state index contributed by atoms with van der Waals surface area (Å²) in [6, 6.07) is 0.314. The number of hydrogen-bond donors (Lipinski definition) is 1. The maximum atomic E-state index is 11.8. The first-order valence-corrected chi connectivity index (χ1v) is 11.3. The molecule has 3 fully saturated rings. The largest absolute Gasteiger partial charge is 0.462 e. The SMILES string of the molecule is CC(=O)N[C@H]1[C@H](C)C[C@H]2[C@@H]3CC=C4C[C@H](OC(C)=O)CC[C@]4(C)[C@H]3CC[C@@]21C. The van der Waals surface area contributed by atoms with Crippen molar-refractivity contribution in [1.82, 2.24) is 5.32 Å². The van der Waals surface area contributed by atoms with Crippen LogP contribution < -0.4 is 5.32 Å². The van der Waals surface area contributed by atoms with Crippen molar-refractivity contribution in [1.29, 1.82) is 0 Å². The summed E-state index contributed by atoms with van der Waals surface area (Å²) in [5, 5.41) is 3.31. The molecular formula is C24H37NO3. The van der Waals surface area contributed by atoms with E-state index in [1.54, 1.807) is 12.5 Å². The van der Waals surface area contributed by atoms with E-state index in [1.165, 1.54) is 26.2 Å². The maximum absolute atomic E-state index is 11.8. The minimum atomic E-state index is -0.153. The molecule has 1 N–H and O–H groups in total. The van der Waals surface area contributed by atoms with E-state index in [0.29, 0.717) is 17.9 Å². The zero-order valence-corrected chi connectivity index (χ0v) is 18.2. The first kappa shape index (κ1) is 20.0. The van der Waals surface area contributed by atoms with Crippen molar-refractivity contribution >= 4 is 11.9 Å². The van der Waals surface area contributed by atoms with Gasteiger partial charge in [0.05, 0.1) is 0 Å². The van der Waals surface area contributed by atoms with Gasteiger partial charge in [-0.25, -0.2) is 0 Å². The average molecular weight is 388 g/mol. The highest BCUT2D eigenvalue weighted by Gasteiger charge is 2.60. The van der Waals surface area contributed by atoms with Gasteiger partial charge in [0.2, 0.25) is 5.91 Å². The zero-order valence-electron chi connectivity index (χ0n) is 18.2. The van der Waals surface area contributed by atoms with Gasteiger partial charge < -0.3 is 10.1 Å². The number of fused-ring (bicyclic) bond motifs is 5. The second kappa shape index (κ2) is 6.88. The van der Waals surface area contributed by atoms with Gasteiger partial charge in [-0.15, -0.1) is 0 Å². The highest BCUT2D eigenvalue weighted by Crippen LogP contribution is 2.65. The van der Waals surface area contributed by atoms with E-state index in [2.05, 4.69) is 32.2 Å². The van der Waals surface area contributed by atoms with Crippen LogP contribution in [0, 0.1) is 34.5 Å². The molecular weight excluding hydrogens is 350 g/mol. The fourth-order valence-electron chi connectivity index (χ4n) is 7.85. The van der Waals surface area contributed by atoms with E-state index in [0.717, 1.165) is 37.5 Å². The van der Waals surface area contributed by atoms with Crippen LogP contribution in [-0.2, 0) is 14.3 Å². The summed E-state index contributed by atoms with van der Waals surface area (Å²) in [4.78, 5) is 23.2. The number of carbonyl (C=O) groups excluding carboxylic acids is 2. The first-order chi connectivity index (χ1) is 13.1. The van der Waals surface area contributed by atoms with Crippen LogP contribution in [0.2, 0.25) is 0 Å². The smallest absolute Gasteiger partial charge is 0.302 e. The quantitative estimate of drug-likeness (QED) is 0.555. The Labute approximate surface area is 169 Å². The molecule has 4 rings (SSSR count). The predicted molar refractivity (Wildman–Crippen MR) is 109 cm³/mol. The maximum Gasteiger partial charge on any atom is 0.302 e. The lowest BCUT2D eigenvalue weighted by Crippen LogP contribution is -2.54. The Morgan fingerprint density at radius 1 is 1.14 bits per heavy atom. The van der Waals surface area contributed by atoms with Gasteiger partial charge in [0.25, 0.3) is 0 Å². The number of hydrogen-bond acceptors (Lipinski definition) is 3. The lowest BCUT2D eigenvalue weighted by molar-refractivity contribution is -0.148. The summed E-state index contributed by atoms with van der Waals surface area (Å²) in [6.45, 7) is 10.4. The summed E-state index contributed by atoms with van der Waals surface area (Å²) in [7, 11) is 0. The van der Waals surface area contributed by atoms with Gasteiger partial charge in [0.15, 0.2) is 0 Å². The Kier molecular flexibility index (Phi) is 4.91. The van der Waals surface area contributed by atoms with Crippen molar-refractivity contribution in [2.75, 3.05) is 0 Å². The van der Waals surface area contributed by atoms with Crippen molar-refractivity contribution in [3.8, 4) is 0 Å². The molecule has 4 nitrogen and oxygen atoms in total. The number of carbonyl (C=O) groups is 2. The molecule has 0 saturated heterocycles. The highest BCUT2D eigenvalue weighted by molar-refractivity contribution is 5.73. The van der Waals surface area contributed by atoms with Crippen LogP contribution in [0.15, 0.2) is 11.6 Å². The minimum absolute atomic E-state index is 0.0675. The van der Waals surface area contributed by atoms with Crippen molar-refractivity contribution < 1.29 is 14.3 Å². The summed E-state index contributed by atoms with van der Waals surface area (Å²) < 4.78 is 5.55. The lowest BCUT2D eigenvalue weighted by Gasteiger charge is -2.58. The minimum Gasteiger partial charge on any atom is -0.462 e. The highest BCUT2D eigenvalue weighted by atomic mass is 16.5. The number of nitrogens with one attached hydrogen (secondary N) is 1. The third-order valence-electron chi connectivity index (χ3n) is 9.09. The Morgan fingerprint density at radius 2 is 1.89 bits per heavy atom. The molecule has 8 atom stereocenters. The zero-order chi connectivity index (χ0) is 20.3. The molecule has 4 aliphatic rings. The van der Waals surface area contributed by atoms with Gasteiger partial charge in [0, 0.05) is 26.3 Å². The molecule has 3 saturated carbocycles. The van der Waals surface area contributed by atoms with E-state index in [9.17, 15) is 9.59 Å². The van der Waals surface area contributed by atoms with Gasteiger partial charge in [-0.2, -0.15) is 0 Å². The van der Waals surface area contributed by atoms with Crippen LogP contribution >= 0.6 is 0 Å². The average Bonchev–Trinajstić information content (AvgIpc) is 2.85. The van der Waals surface area contributed by atoms with Gasteiger partial charge in [-0.3, -0.25) is 9.59 Å². The number of amides is 1. The third kappa shape index (κ3) is 3.02. The van der Waals surface area contributed by atoms with E-state index < -0.39 is 0 Å². The van der Waals surface area contributed by atoms with Crippen molar-refractivity contribution in [3.05, 3.63) is 11.6 Å². The van der Waals surface area contributed by atoms with Crippen LogP contribution in [0.5, 0.6) is 0 Å². The lowest BCUT2D eigenvalue weighted by atomic mass is 9.48. The van der Waals surface area contributed by atoms with E-state index in [-0.39, 0.29) is 28.8 Å². The standard InChI is InChI=1S/C24H37NO3/c1-14-12-21-19-7-6-17-13-18(28-16(3)27)8-10-23(17,4)20(19)9-11-24(21,5)22(14)25-15(2)26/h6,14,18-22H,7-13H2,1-5H3,(H,25,26)/t14-,18-,19-,20+,21+,22+,23+,24+/m1/s1. The van der Waals surface area contributed by atoms with Gasteiger partial charge in [-0.05, 0) is 73.0 Å². The van der Waals surface area contributed by atoms with Gasteiger partial charge in [0.1, 0.15) is 6.10 Å². The number of ether oxygens (including phenoxy) is 1. The van der Waals surface area contributed by atoms with Crippen LogP contribution in [0.3, 0.4) is 0 Å². The molecule has 0 aliphatic heterocycles. The number of rotatable bonds is 2. The van der Waals surface area contributed by atoms with Crippen molar-refractivity contribution in [2.24, 2.45) is 34.5 Å². The molecule has 1 amide bonds. The second-order valence-corrected chi connectivity index (χ2v) is 10.7. The molecule has 0 aromatic carbocycles. The molecule has 0 aromatic rings. The molecule has 0 spiro atoms. The predicted octanol–water partition coefficient (Wildman–Crippen LogP) is 4.63. The normalized spacial score (nSPS) is 47.2. The number of allylic oxidation sites excluding steroid dienone is 1. The fraction of sp³-hybridized carbons (Fsp3) is 0.833. The van der Waals surface area contributed by atoms with E-state index in [4.69, 9.17) is 4.74 Å². The Morgan fingerprint density at radius 3 is 2.57 bits per heavy atom. The Hall–Kier alpha value is -1.32. The summed E-state index contributed by atoms with van der Waals surface area (Å²) in [5.41, 5.74) is 2.03. The molecule has 0 bridgehead atoms. The summed E-state index contributed by atoms with van der Waals surface area (Å²) in [6.07, 6.45) is 10.5. The third-order valence-corrected chi connectivity index (χ3v) is 9.09. The Bertz CT molecular complexity index is 700. The molecule has 0 aromatic heterocycles. The van der Waals surface area contributed by atoms with Crippen LogP contribution in [0.25, 0.3) is 0 Å². The molecule has 0 unspecified atom stereocenters. The summed E-state index contributed by atoms with van der Waals surface area (Å²) >= 11 is 0. The van der Waals surface area contributed by atoms with Crippen LogP contribution in [0.1, 0.15) is 79.6 Å². The van der Waals surface area contributed by atoms with E-state index in [1.807, 2.05) is 0 Å². The molecule has 4 aliphatic carbocycles. The first-order valence-electron chi connectivity index (χ1n) is 11.3. The van der Waals surface area contributed by atoms with Crippen LogP contribution in [0.4, 0.5) is 0 Å². The van der Waals surface area contributed by atoms with Gasteiger partial charge in [-0.1, -0.05) is 32.4 Å². The monoisotopic (exact) mass is 387 g/mol. The van der Waals surface area contributed by atoms with E-state index >= 15 is 0 Å². The molecule has 4 heteroatoms.